The fraction of sp³-hybridized carbons (Fsp3) is 0.130. The number of nitrogens with zero attached hydrogens (tertiary/aromatic N) is 3. The molecular formula is C23H20N4O3. The topological polar surface area (TPSA) is 111 Å². The molecule has 0 amide bonds. The number of aliphatic carboxylic acids is 1. The van der Waals surface area contributed by atoms with Gasteiger partial charge in [-0.1, -0.05) is 42.5 Å². The van der Waals surface area contributed by atoms with E-state index in [4.69, 9.17) is 5.73 Å². The molecule has 30 heavy (non-hydrogen) atoms. The second-order valence-electron chi connectivity index (χ2n) is 7.14. The van der Waals surface area contributed by atoms with Crippen molar-refractivity contribution >= 4 is 28.3 Å². The van der Waals surface area contributed by atoms with Gasteiger partial charge in [-0.2, -0.15) is 0 Å². The van der Waals surface area contributed by atoms with Gasteiger partial charge in [-0.25, -0.2) is 9.97 Å². The van der Waals surface area contributed by atoms with Gasteiger partial charge in [0.05, 0.1) is 18.6 Å². The Morgan fingerprint density at radius 2 is 1.83 bits per heavy atom. The van der Waals surface area contributed by atoms with Crippen molar-refractivity contribution in [1.29, 1.82) is 0 Å². The minimum atomic E-state index is -0.988. The number of aromatic nitrogens is 3. The maximum Gasteiger partial charge on any atom is 0.312 e. The average molecular weight is 400 g/mol. The average Bonchev–Trinajstić information content (AvgIpc) is 3.20. The van der Waals surface area contributed by atoms with E-state index in [0.29, 0.717) is 17.1 Å². The van der Waals surface area contributed by atoms with Crippen LogP contribution in [0.15, 0.2) is 73.3 Å². The maximum atomic E-state index is 12.7. The Hall–Kier alpha value is -4.00. The number of Topliss-reactive ketones (excluding diaryl/α,β-unsaturated/α-hetero) is 1. The zero-order valence-electron chi connectivity index (χ0n) is 16.1. The number of rotatable bonds is 7. The highest BCUT2D eigenvalue weighted by Crippen LogP contribution is 2.21. The number of anilines is 1. The summed E-state index contributed by atoms with van der Waals surface area (Å²) in [5.41, 5.74) is 7.33. The van der Waals surface area contributed by atoms with Crippen molar-refractivity contribution < 1.29 is 14.7 Å². The third kappa shape index (κ3) is 4.20. The summed E-state index contributed by atoms with van der Waals surface area (Å²) >= 11 is 0. The fourth-order valence-corrected chi connectivity index (χ4v) is 3.37. The molecule has 4 rings (SSSR count). The molecule has 0 bridgehead atoms. The Labute approximate surface area is 172 Å². The number of imidazole rings is 1. The van der Waals surface area contributed by atoms with Gasteiger partial charge in [0.25, 0.3) is 0 Å². The van der Waals surface area contributed by atoms with Gasteiger partial charge in [0, 0.05) is 18.0 Å². The van der Waals surface area contributed by atoms with Crippen molar-refractivity contribution in [3.05, 3.63) is 90.1 Å². The quantitative estimate of drug-likeness (QED) is 0.461. The standard InChI is InChI=1S/C23H20N4O3/c24-22-8-5-15(11-25-22)9-19(23(29)30)20-12-27(14-26-20)13-21(28)18-7-6-16-3-1-2-4-17(16)10-18/h1-8,10-12,14,19H,9,13H2,(H2,24,25)(H,29,30). The molecular weight excluding hydrogens is 380 g/mol. The van der Waals surface area contributed by atoms with E-state index >= 15 is 0 Å². The number of carboxylic acids is 1. The van der Waals surface area contributed by atoms with Crippen LogP contribution in [0.25, 0.3) is 10.8 Å². The summed E-state index contributed by atoms with van der Waals surface area (Å²) in [5.74, 6) is -1.52. The molecule has 7 nitrogen and oxygen atoms in total. The summed E-state index contributed by atoms with van der Waals surface area (Å²) in [5, 5.41) is 11.7. The second kappa shape index (κ2) is 8.16. The Morgan fingerprint density at radius 1 is 1.03 bits per heavy atom. The first kappa shape index (κ1) is 19.3. The molecule has 2 aromatic heterocycles. The van der Waals surface area contributed by atoms with E-state index in [9.17, 15) is 14.7 Å². The summed E-state index contributed by atoms with van der Waals surface area (Å²) in [6.45, 7) is 0.0844. The van der Waals surface area contributed by atoms with Crippen molar-refractivity contribution in [1.82, 2.24) is 14.5 Å². The van der Waals surface area contributed by atoms with E-state index in [0.717, 1.165) is 16.3 Å². The van der Waals surface area contributed by atoms with Crippen LogP contribution >= 0.6 is 0 Å². The van der Waals surface area contributed by atoms with Gasteiger partial charge in [-0.05, 0) is 34.9 Å². The number of benzene rings is 2. The maximum absolute atomic E-state index is 12.7. The monoisotopic (exact) mass is 400 g/mol. The largest absolute Gasteiger partial charge is 0.481 e. The molecule has 0 saturated carbocycles. The van der Waals surface area contributed by atoms with E-state index in [1.54, 1.807) is 35.2 Å². The summed E-state index contributed by atoms with van der Waals surface area (Å²) < 4.78 is 1.62. The number of ketones is 1. The van der Waals surface area contributed by atoms with Crippen LogP contribution in [0.2, 0.25) is 0 Å². The first-order valence-electron chi connectivity index (χ1n) is 9.46. The first-order chi connectivity index (χ1) is 14.5. The summed E-state index contributed by atoms with van der Waals surface area (Å²) in [4.78, 5) is 32.7. The van der Waals surface area contributed by atoms with Gasteiger partial charge in [-0.15, -0.1) is 0 Å². The molecule has 0 radical (unpaired) electrons. The smallest absolute Gasteiger partial charge is 0.312 e. The van der Waals surface area contributed by atoms with Gasteiger partial charge in [-0.3, -0.25) is 9.59 Å². The van der Waals surface area contributed by atoms with Crippen LogP contribution in [0.1, 0.15) is 27.5 Å². The highest BCUT2D eigenvalue weighted by Gasteiger charge is 2.23. The Morgan fingerprint density at radius 3 is 2.57 bits per heavy atom. The number of fused-ring (bicyclic) bond motifs is 1. The van der Waals surface area contributed by atoms with Gasteiger partial charge < -0.3 is 15.4 Å². The number of hydrogen-bond acceptors (Lipinski definition) is 5. The molecule has 2 aromatic carbocycles. The lowest BCUT2D eigenvalue weighted by atomic mass is 9.98. The zero-order chi connectivity index (χ0) is 21.1. The fourth-order valence-electron chi connectivity index (χ4n) is 3.37. The number of carbonyl (C=O) groups is 2. The van der Waals surface area contributed by atoms with E-state index in [1.165, 1.54) is 6.33 Å². The van der Waals surface area contributed by atoms with Gasteiger partial charge in [0.15, 0.2) is 5.78 Å². The molecule has 0 spiro atoms. The molecule has 0 fully saturated rings. The molecule has 0 aliphatic carbocycles. The Kier molecular flexibility index (Phi) is 5.26. The van der Waals surface area contributed by atoms with Crippen LogP contribution in [-0.4, -0.2) is 31.4 Å². The molecule has 1 atom stereocenters. The summed E-state index contributed by atoms with van der Waals surface area (Å²) in [6, 6.07) is 16.8. The summed E-state index contributed by atoms with van der Waals surface area (Å²) in [6.07, 6.45) is 4.90. The van der Waals surface area contributed by atoms with Gasteiger partial charge in [0.1, 0.15) is 11.7 Å². The lowest BCUT2D eigenvalue weighted by Crippen LogP contribution is -2.15. The lowest BCUT2D eigenvalue weighted by molar-refractivity contribution is -0.138. The predicted octanol–water partition coefficient (Wildman–Crippen LogP) is 3.31. The van der Waals surface area contributed by atoms with Gasteiger partial charge >= 0.3 is 5.97 Å². The molecule has 150 valence electrons. The number of carbonyl (C=O) groups excluding carboxylic acids is 1. The van der Waals surface area contributed by atoms with E-state index in [-0.39, 0.29) is 18.7 Å². The van der Waals surface area contributed by atoms with Crippen LogP contribution < -0.4 is 5.73 Å². The molecule has 2 heterocycles. The van der Waals surface area contributed by atoms with Crippen molar-refractivity contribution in [2.75, 3.05) is 5.73 Å². The number of pyridine rings is 1. The highest BCUT2D eigenvalue weighted by molar-refractivity contribution is 5.99. The van der Waals surface area contributed by atoms with Crippen LogP contribution in [-0.2, 0) is 17.8 Å². The number of hydrogen-bond donors (Lipinski definition) is 2. The third-order valence-electron chi connectivity index (χ3n) is 4.99. The molecule has 4 aromatic rings. The van der Waals surface area contributed by atoms with Crippen molar-refractivity contribution in [3.63, 3.8) is 0 Å². The second-order valence-corrected chi connectivity index (χ2v) is 7.14. The Bertz CT molecular complexity index is 1210. The molecule has 0 aliphatic rings. The number of nitrogens with two attached hydrogens (primary N) is 1. The summed E-state index contributed by atoms with van der Waals surface area (Å²) in [7, 11) is 0. The lowest BCUT2D eigenvalue weighted by Gasteiger charge is -2.10. The minimum absolute atomic E-state index is 0.0701. The number of nitrogen functional groups attached to an aromatic ring is 1. The van der Waals surface area contributed by atoms with E-state index < -0.39 is 11.9 Å². The SMILES string of the molecule is Nc1ccc(CC(C(=O)O)c2cn(CC(=O)c3ccc4ccccc4c3)cn2)cn1. The third-order valence-corrected chi connectivity index (χ3v) is 4.99. The first-order valence-corrected chi connectivity index (χ1v) is 9.46. The van der Waals surface area contributed by atoms with Crippen molar-refractivity contribution in [2.45, 2.75) is 18.9 Å². The predicted molar refractivity (Wildman–Crippen MR) is 113 cm³/mol. The minimum Gasteiger partial charge on any atom is -0.481 e. The normalized spacial score (nSPS) is 12.0. The molecule has 3 N–H and O–H groups in total. The molecule has 7 heteroatoms. The Balaban J connectivity index is 1.50. The highest BCUT2D eigenvalue weighted by atomic mass is 16.4. The molecule has 0 aliphatic heterocycles. The van der Waals surface area contributed by atoms with Crippen LogP contribution in [0.3, 0.4) is 0 Å². The van der Waals surface area contributed by atoms with E-state index in [2.05, 4.69) is 9.97 Å². The van der Waals surface area contributed by atoms with Gasteiger partial charge in [0.2, 0.25) is 0 Å². The van der Waals surface area contributed by atoms with Crippen molar-refractivity contribution in [2.24, 2.45) is 0 Å². The van der Waals surface area contributed by atoms with Crippen LogP contribution in [0, 0.1) is 0 Å². The van der Waals surface area contributed by atoms with Crippen LogP contribution in [0.4, 0.5) is 5.82 Å². The molecule has 0 saturated heterocycles. The zero-order valence-corrected chi connectivity index (χ0v) is 16.1. The van der Waals surface area contributed by atoms with Crippen LogP contribution in [0.5, 0.6) is 0 Å². The molecule has 1 unspecified atom stereocenters. The number of carboxylic acid groups (broad SMARTS) is 1. The van der Waals surface area contributed by atoms with E-state index in [1.807, 2.05) is 36.4 Å². The van der Waals surface area contributed by atoms with Crippen molar-refractivity contribution in [3.8, 4) is 0 Å².